The summed E-state index contributed by atoms with van der Waals surface area (Å²) in [5.74, 6) is 0.503. The molecule has 2 aromatic carbocycles. The lowest BCUT2D eigenvalue weighted by Crippen LogP contribution is -2.24. The van der Waals surface area contributed by atoms with Crippen LogP contribution in [0.2, 0.25) is 0 Å². The second-order valence-corrected chi connectivity index (χ2v) is 7.73. The highest BCUT2D eigenvalue weighted by Crippen LogP contribution is 2.38. The Balaban J connectivity index is 2.26. The molecule has 2 aromatic rings. The Morgan fingerprint density at radius 2 is 1.54 bits per heavy atom. The minimum Gasteiger partial charge on any atom is -0.374 e. The molecule has 0 saturated carbocycles. The third-order valence-corrected chi connectivity index (χ3v) is 5.67. The van der Waals surface area contributed by atoms with Crippen molar-refractivity contribution in [3.63, 3.8) is 0 Å². The number of hydrogen-bond donors (Lipinski definition) is 0. The van der Waals surface area contributed by atoms with Gasteiger partial charge < -0.3 is 4.74 Å². The van der Waals surface area contributed by atoms with E-state index in [1.165, 1.54) is 16.7 Å². The van der Waals surface area contributed by atoms with Gasteiger partial charge in [0, 0.05) is 7.11 Å². The SMILES string of the molecule is CCC(C)(CC(C)c1cccc(C(C)(C)OC)c1)c1ccccc1. The molecule has 0 heterocycles. The average Bonchev–Trinajstić information content (AvgIpc) is 2.62. The maximum Gasteiger partial charge on any atom is 0.0871 e. The van der Waals surface area contributed by atoms with E-state index in [2.05, 4.69) is 89.2 Å². The van der Waals surface area contributed by atoms with E-state index in [1.807, 2.05) is 0 Å². The van der Waals surface area contributed by atoms with Gasteiger partial charge in [0.1, 0.15) is 0 Å². The summed E-state index contributed by atoms with van der Waals surface area (Å²) in [6.07, 6.45) is 2.29. The summed E-state index contributed by atoms with van der Waals surface area (Å²) in [5.41, 5.74) is 4.03. The summed E-state index contributed by atoms with van der Waals surface area (Å²) in [7, 11) is 1.78. The average molecular weight is 325 g/mol. The Morgan fingerprint density at radius 1 is 0.917 bits per heavy atom. The van der Waals surface area contributed by atoms with E-state index in [1.54, 1.807) is 7.11 Å². The van der Waals surface area contributed by atoms with Crippen molar-refractivity contribution >= 4 is 0 Å². The largest absolute Gasteiger partial charge is 0.374 e. The summed E-state index contributed by atoms with van der Waals surface area (Å²) in [5, 5.41) is 0. The molecule has 0 saturated heterocycles. The molecule has 130 valence electrons. The molecular formula is C23H32O. The van der Waals surface area contributed by atoms with Crippen molar-refractivity contribution in [3.8, 4) is 0 Å². The van der Waals surface area contributed by atoms with Crippen molar-refractivity contribution in [2.45, 2.75) is 64.4 Å². The Hall–Kier alpha value is -1.60. The first-order valence-corrected chi connectivity index (χ1v) is 9.03. The van der Waals surface area contributed by atoms with Crippen molar-refractivity contribution in [3.05, 3.63) is 71.3 Å². The van der Waals surface area contributed by atoms with Crippen LogP contribution >= 0.6 is 0 Å². The summed E-state index contributed by atoms with van der Waals surface area (Å²) in [6.45, 7) is 11.3. The van der Waals surface area contributed by atoms with Gasteiger partial charge in [-0.2, -0.15) is 0 Å². The zero-order valence-electron chi connectivity index (χ0n) is 16.1. The van der Waals surface area contributed by atoms with Gasteiger partial charge in [-0.25, -0.2) is 0 Å². The number of rotatable bonds is 7. The summed E-state index contributed by atoms with van der Waals surface area (Å²) >= 11 is 0. The molecule has 0 bridgehead atoms. The van der Waals surface area contributed by atoms with Gasteiger partial charge in [-0.3, -0.25) is 0 Å². The van der Waals surface area contributed by atoms with Crippen molar-refractivity contribution in [1.29, 1.82) is 0 Å². The first-order valence-electron chi connectivity index (χ1n) is 9.03. The van der Waals surface area contributed by atoms with Gasteiger partial charge in [0.15, 0.2) is 0 Å². The Morgan fingerprint density at radius 3 is 2.12 bits per heavy atom. The molecular weight excluding hydrogens is 292 g/mol. The molecule has 0 aliphatic heterocycles. The number of methoxy groups -OCH3 is 1. The van der Waals surface area contributed by atoms with E-state index in [0.29, 0.717) is 5.92 Å². The van der Waals surface area contributed by atoms with Crippen LogP contribution in [0.15, 0.2) is 54.6 Å². The zero-order valence-corrected chi connectivity index (χ0v) is 16.1. The van der Waals surface area contributed by atoms with Gasteiger partial charge in [-0.15, -0.1) is 0 Å². The van der Waals surface area contributed by atoms with E-state index in [0.717, 1.165) is 12.8 Å². The van der Waals surface area contributed by atoms with Crippen LogP contribution in [-0.2, 0) is 15.8 Å². The van der Waals surface area contributed by atoms with Crippen LogP contribution in [0.4, 0.5) is 0 Å². The highest BCUT2D eigenvalue weighted by atomic mass is 16.5. The topological polar surface area (TPSA) is 9.23 Å². The predicted molar refractivity (Wildman–Crippen MR) is 104 cm³/mol. The Labute approximate surface area is 148 Å². The smallest absolute Gasteiger partial charge is 0.0871 e. The molecule has 0 amide bonds. The van der Waals surface area contributed by atoms with Crippen molar-refractivity contribution < 1.29 is 4.74 Å². The first-order chi connectivity index (χ1) is 11.3. The zero-order chi connectivity index (χ0) is 17.8. The minimum absolute atomic E-state index is 0.202. The van der Waals surface area contributed by atoms with Crippen LogP contribution in [0.25, 0.3) is 0 Å². The Kier molecular flexibility index (Phi) is 5.87. The van der Waals surface area contributed by atoms with Crippen LogP contribution in [0.1, 0.15) is 70.1 Å². The molecule has 2 atom stereocenters. The maximum absolute atomic E-state index is 5.65. The lowest BCUT2D eigenvalue weighted by atomic mass is 9.72. The molecule has 0 aliphatic carbocycles. The summed E-state index contributed by atoms with van der Waals surface area (Å²) in [4.78, 5) is 0. The lowest BCUT2D eigenvalue weighted by Gasteiger charge is -2.33. The summed E-state index contributed by atoms with van der Waals surface area (Å²) in [6, 6.07) is 19.8. The molecule has 24 heavy (non-hydrogen) atoms. The van der Waals surface area contributed by atoms with Crippen LogP contribution < -0.4 is 0 Å². The fourth-order valence-corrected chi connectivity index (χ4v) is 3.44. The van der Waals surface area contributed by atoms with Gasteiger partial charge in [-0.05, 0) is 54.7 Å². The van der Waals surface area contributed by atoms with Gasteiger partial charge >= 0.3 is 0 Å². The molecule has 0 radical (unpaired) electrons. The standard InChI is InChI=1S/C23H32O/c1-7-23(5,20-13-9-8-10-14-20)17-18(2)19-12-11-15-21(16-19)22(3,4)24-6/h8-16,18H,7,17H2,1-6H3. The molecule has 2 unspecified atom stereocenters. The van der Waals surface area contributed by atoms with Crippen molar-refractivity contribution in [1.82, 2.24) is 0 Å². The third kappa shape index (κ3) is 4.08. The fourth-order valence-electron chi connectivity index (χ4n) is 3.44. The van der Waals surface area contributed by atoms with Gasteiger partial charge in [-0.1, -0.05) is 75.4 Å². The number of benzene rings is 2. The molecule has 0 spiro atoms. The van der Waals surface area contributed by atoms with Gasteiger partial charge in [0.25, 0.3) is 0 Å². The van der Waals surface area contributed by atoms with Gasteiger partial charge in [0.2, 0.25) is 0 Å². The number of hydrogen-bond acceptors (Lipinski definition) is 1. The maximum atomic E-state index is 5.65. The lowest BCUT2D eigenvalue weighted by molar-refractivity contribution is 0.0191. The van der Waals surface area contributed by atoms with Crippen molar-refractivity contribution in [2.75, 3.05) is 7.11 Å². The fraction of sp³-hybridized carbons (Fsp3) is 0.478. The monoisotopic (exact) mass is 324 g/mol. The molecule has 0 aliphatic rings. The predicted octanol–water partition coefficient (Wildman–Crippen LogP) is 6.43. The normalized spacial score (nSPS) is 15.8. The molecule has 0 fully saturated rings. The van der Waals surface area contributed by atoms with Crippen LogP contribution in [0.3, 0.4) is 0 Å². The molecule has 1 nitrogen and oxygen atoms in total. The van der Waals surface area contributed by atoms with E-state index < -0.39 is 0 Å². The van der Waals surface area contributed by atoms with Crippen LogP contribution in [0, 0.1) is 0 Å². The first kappa shape index (κ1) is 18.7. The molecule has 0 aromatic heterocycles. The van der Waals surface area contributed by atoms with Crippen LogP contribution in [-0.4, -0.2) is 7.11 Å². The molecule has 1 heteroatoms. The Bertz CT molecular complexity index is 644. The highest BCUT2D eigenvalue weighted by Gasteiger charge is 2.28. The van der Waals surface area contributed by atoms with E-state index >= 15 is 0 Å². The highest BCUT2D eigenvalue weighted by molar-refractivity contribution is 5.31. The van der Waals surface area contributed by atoms with E-state index in [9.17, 15) is 0 Å². The molecule has 0 N–H and O–H groups in total. The summed E-state index contributed by atoms with van der Waals surface area (Å²) < 4.78 is 5.65. The molecule has 2 rings (SSSR count). The van der Waals surface area contributed by atoms with Crippen LogP contribution in [0.5, 0.6) is 0 Å². The number of ether oxygens (including phenoxy) is 1. The van der Waals surface area contributed by atoms with Crippen molar-refractivity contribution in [2.24, 2.45) is 0 Å². The van der Waals surface area contributed by atoms with E-state index in [4.69, 9.17) is 4.74 Å². The third-order valence-electron chi connectivity index (χ3n) is 5.67. The van der Waals surface area contributed by atoms with Gasteiger partial charge in [0.05, 0.1) is 5.60 Å². The minimum atomic E-state index is -0.247. The quantitative estimate of drug-likeness (QED) is 0.570. The second-order valence-electron chi connectivity index (χ2n) is 7.73. The van der Waals surface area contributed by atoms with E-state index in [-0.39, 0.29) is 11.0 Å². The second kappa shape index (κ2) is 7.53.